The zero-order chi connectivity index (χ0) is 15.0. The van der Waals surface area contributed by atoms with E-state index < -0.39 is 0 Å². The van der Waals surface area contributed by atoms with Crippen LogP contribution >= 0.6 is 0 Å². The van der Waals surface area contributed by atoms with Crippen molar-refractivity contribution in [2.45, 2.75) is 6.92 Å². The van der Waals surface area contributed by atoms with Crippen LogP contribution in [-0.2, 0) is 0 Å². The van der Waals surface area contributed by atoms with Crippen LogP contribution in [0.4, 0.5) is 5.69 Å². The third kappa shape index (κ3) is 2.05. The van der Waals surface area contributed by atoms with E-state index in [0.29, 0.717) is 22.6 Å². The molecule has 106 valence electrons. The van der Waals surface area contributed by atoms with Crippen molar-refractivity contribution < 1.29 is 9.53 Å². The predicted octanol–water partition coefficient (Wildman–Crippen LogP) is 3.30. The Labute approximate surface area is 122 Å². The Balaban J connectivity index is 2.21. The van der Waals surface area contributed by atoms with E-state index in [0.717, 1.165) is 16.5 Å². The largest absolute Gasteiger partial charge is 0.496 e. The number of anilines is 1. The number of nitrogens with two attached hydrogens (primary N) is 1. The number of fused-ring (bicyclic) bond motifs is 1. The minimum absolute atomic E-state index is 0.0597. The van der Waals surface area contributed by atoms with Gasteiger partial charge in [-0.2, -0.15) is 0 Å². The number of rotatable bonds is 3. The maximum Gasteiger partial charge on any atom is 0.195 e. The minimum Gasteiger partial charge on any atom is -0.496 e. The quantitative estimate of drug-likeness (QED) is 0.571. The van der Waals surface area contributed by atoms with Crippen LogP contribution in [0.3, 0.4) is 0 Å². The van der Waals surface area contributed by atoms with Gasteiger partial charge < -0.3 is 15.5 Å². The van der Waals surface area contributed by atoms with Crippen molar-refractivity contribution in [1.82, 2.24) is 4.98 Å². The number of methoxy groups -OCH3 is 1. The number of ketones is 1. The average molecular weight is 280 g/mol. The van der Waals surface area contributed by atoms with Gasteiger partial charge in [0.05, 0.1) is 18.1 Å². The molecule has 4 nitrogen and oxygen atoms in total. The summed E-state index contributed by atoms with van der Waals surface area (Å²) in [5.41, 5.74) is 9.39. The van der Waals surface area contributed by atoms with Crippen molar-refractivity contribution in [3.63, 3.8) is 0 Å². The first-order valence-corrected chi connectivity index (χ1v) is 6.67. The van der Waals surface area contributed by atoms with Gasteiger partial charge in [0.2, 0.25) is 0 Å². The number of carbonyl (C=O) groups is 1. The van der Waals surface area contributed by atoms with E-state index in [9.17, 15) is 4.79 Å². The molecule has 21 heavy (non-hydrogen) atoms. The maximum atomic E-state index is 12.8. The van der Waals surface area contributed by atoms with Gasteiger partial charge >= 0.3 is 0 Å². The van der Waals surface area contributed by atoms with E-state index in [1.165, 1.54) is 0 Å². The molecule has 0 saturated carbocycles. The van der Waals surface area contributed by atoms with Gasteiger partial charge in [-0.25, -0.2) is 0 Å². The van der Waals surface area contributed by atoms with Gasteiger partial charge in [-0.1, -0.05) is 18.2 Å². The molecule has 1 aromatic heterocycles. The third-order valence-corrected chi connectivity index (χ3v) is 3.75. The van der Waals surface area contributed by atoms with E-state index >= 15 is 0 Å². The van der Waals surface area contributed by atoms with Crippen LogP contribution in [0, 0.1) is 6.92 Å². The molecular formula is C17H16N2O2. The first kappa shape index (κ1) is 13.2. The van der Waals surface area contributed by atoms with Crippen molar-refractivity contribution >= 4 is 22.4 Å². The molecule has 1 heterocycles. The summed E-state index contributed by atoms with van der Waals surface area (Å²) in [6, 6.07) is 11.0. The maximum absolute atomic E-state index is 12.8. The molecular weight excluding hydrogens is 264 g/mol. The summed E-state index contributed by atoms with van der Waals surface area (Å²) in [5.74, 6) is 0.620. The SMILES string of the molecule is COc1cccc2[nH]cc(C(=O)c3cccc(N)c3C)c12. The first-order chi connectivity index (χ1) is 10.1. The standard InChI is InChI=1S/C17H16N2O2/c1-10-11(5-3-6-13(10)18)17(20)12-9-19-14-7-4-8-15(21-2)16(12)14/h3-9,19H,18H2,1-2H3. The van der Waals surface area contributed by atoms with E-state index in [2.05, 4.69) is 4.98 Å². The Morgan fingerprint density at radius 2 is 1.90 bits per heavy atom. The molecule has 0 atom stereocenters. The molecule has 3 aromatic rings. The van der Waals surface area contributed by atoms with Gasteiger partial charge in [0.15, 0.2) is 5.78 Å². The van der Waals surface area contributed by atoms with Gasteiger partial charge in [-0.3, -0.25) is 4.79 Å². The molecule has 0 aliphatic heterocycles. The number of aromatic amines is 1. The number of aromatic nitrogens is 1. The topological polar surface area (TPSA) is 68.1 Å². The highest BCUT2D eigenvalue weighted by atomic mass is 16.5. The van der Waals surface area contributed by atoms with Crippen LogP contribution in [0.1, 0.15) is 21.5 Å². The Bertz CT molecular complexity index is 834. The van der Waals surface area contributed by atoms with Crippen molar-refractivity contribution in [2.75, 3.05) is 12.8 Å². The highest BCUT2D eigenvalue weighted by Crippen LogP contribution is 2.31. The van der Waals surface area contributed by atoms with Gasteiger partial charge in [-0.05, 0) is 30.7 Å². The summed E-state index contributed by atoms with van der Waals surface area (Å²) in [4.78, 5) is 15.9. The highest BCUT2D eigenvalue weighted by molar-refractivity contribution is 6.18. The smallest absolute Gasteiger partial charge is 0.195 e. The number of benzene rings is 2. The van der Waals surface area contributed by atoms with Crippen LogP contribution in [0.25, 0.3) is 10.9 Å². The van der Waals surface area contributed by atoms with Crippen LogP contribution in [-0.4, -0.2) is 17.9 Å². The minimum atomic E-state index is -0.0597. The van der Waals surface area contributed by atoms with Crippen molar-refractivity contribution in [3.05, 3.63) is 59.3 Å². The summed E-state index contributed by atoms with van der Waals surface area (Å²) >= 11 is 0. The second-order valence-electron chi connectivity index (χ2n) is 4.93. The lowest BCUT2D eigenvalue weighted by atomic mass is 9.97. The van der Waals surface area contributed by atoms with Crippen LogP contribution in [0.2, 0.25) is 0 Å². The zero-order valence-corrected chi connectivity index (χ0v) is 11.9. The van der Waals surface area contributed by atoms with E-state index in [4.69, 9.17) is 10.5 Å². The second kappa shape index (κ2) is 4.98. The lowest BCUT2D eigenvalue weighted by Gasteiger charge is -2.08. The Morgan fingerprint density at radius 3 is 2.67 bits per heavy atom. The van der Waals surface area contributed by atoms with Crippen LogP contribution in [0.5, 0.6) is 5.75 Å². The summed E-state index contributed by atoms with van der Waals surface area (Å²) in [5, 5.41) is 0.798. The van der Waals surface area contributed by atoms with Crippen molar-refractivity contribution in [2.24, 2.45) is 0 Å². The molecule has 4 heteroatoms. The highest BCUT2D eigenvalue weighted by Gasteiger charge is 2.19. The average Bonchev–Trinajstić information content (AvgIpc) is 2.93. The number of nitrogens with one attached hydrogen (secondary N) is 1. The molecule has 0 saturated heterocycles. The second-order valence-corrected chi connectivity index (χ2v) is 4.93. The zero-order valence-electron chi connectivity index (χ0n) is 11.9. The monoisotopic (exact) mass is 280 g/mol. The summed E-state index contributed by atoms with van der Waals surface area (Å²) < 4.78 is 5.37. The molecule has 0 amide bonds. The summed E-state index contributed by atoms with van der Waals surface area (Å²) in [6.45, 7) is 1.86. The molecule has 3 rings (SSSR count). The third-order valence-electron chi connectivity index (χ3n) is 3.75. The summed E-state index contributed by atoms with van der Waals surface area (Å²) in [7, 11) is 1.60. The number of hydrogen-bond acceptors (Lipinski definition) is 3. The fraction of sp³-hybridized carbons (Fsp3) is 0.118. The lowest BCUT2D eigenvalue weighted by molar-refractivity contribution is 0.103. The van der Waals surface area contributed by atoms with E-state index in [1.807, 2.05) is 25.1 Å². The number of ether oxygens (including phenoxy) is 1. The predicted molar refractivity (Wildman–Crippen MR) is 83.9 cm³/mol. The summed E-state index contributed by atoms with van der Waals surface area (Å²) in [6.07, 6.45) is 1.72. The van der Waals surface area contributed by atoms with Gasteiger partial charge in [0.25, 0.3) is 0 Å². The van der Waals surface area contributed by atoms with Gasteiger partial charge in [0.1, 0.15) is 5.75 Å². The molecule has 0 aliphatic rings. The van der Waals surface area contributed by atoms with Crippen molar-refractivity contribution in [1.29, 1.82) is 0 Å². The van der Waals surface area contributed by atoms with Gasteiger partial charge in [0, 0.05) is 23.0 Å². The number of hydrogen-bond donors (Lipinski definition) is 2. The number of carbonyl (C=O) groups excluding carboxylic acids is 1. The molecule has 3 N–H and O–H groups in total. The molecule has 0 unspecified atom stereocenters. The molecule has 2 aromatic carbocycles. The molecule has 0 bridgehead atoms. The molecule has 0 radical (unpaired) electrons. The first-order valence-electron chi connectivity index (χ1n) is 6.67. The number of nitrogen functional groups attached to an aromatic ring is 1. The molecule has 0 aliphatic carbocycles. The normalized spacial score (nSPS) is 10.8. The Morgan fingerprint density at radius 1 is 1.14 bits per heavy atom. The van der Waals surface area contributed by atoms with E-state index in [1.54, 1.807) is 31.5 Å². The Hall–Kier alpha value is -2.75. The van der Waals surface area contributed by atoms with Crippen molar-refractivity contribution in [3.8, 4) is 5.75 Å². The van der Waals surface area contributed by atoms with Gasteiger partial charge in [-0.15, -0.1) is 0 Å². The van der Waals surface area contributed by atoms with E-state index in [-0.39, 0.29) is 5.78 Å². The molecule has 0 spiro atoms. The Kier molecular flexibility index (Phi) is 3.14. The fourth-order valence-electron chi connectivity index (χ4n) is 2.55. The van der Waals surface area contributed by atoms with Crippen LogP contribution in [0.15, 0.2) is 42.6 Å². The molecule has 0 fully saturated rings. The lowest BCUT2D eigenvalue weighted by Crippen LogP contribution is -2.05. The number of H-pyrrole nitrogens is 1. The fourth-order valence-corrected chi connectivity index (χ4v) is 2.55. The van der Waals surface area contributed by atoms with Crippen LogP contribution < -0.4 is 10.5 Å².